The Balaban J connectivity index is 2.78. The van der Waals surface area contributed by atoms with Gasteiger partial charge in [0.15, 0.2) is 0 Å². The molecule has 0 aliphatic heterocycles. The number of nitrogens with zero attached hydrogens (tertiary/aromatic N) is 3. The van der Waals surface area contributed by atoms with Gasteiger partial charge in [0, 0.05) is 12.4 Å². The first kappa shape index (κ1) is 10.8. The molecule has 2 aromatic rings. The second kappa shape index (κ2) is 4.07. The van der Waals surface area contributed by atoms with E-state index < -0.39 is 11.1 Å². The number of halogens is 2. The van der Waals surface area contributed by atoms with Gasteiger partial charge >= 0.3 is 0 Å². The van der Waals surface area contributed by atoms with E-state index in [9.17, 15) is 9.59 Å². The van der Waals surface area contributed by atoms with Crippen molar-refractivity contribution in [2.75, 3.05) is 0 Å². The molecule has 0 aliphatic rings. The van der Waals surface area contributed by atoms with Crippen molar-refractivity contribution in [2.45, 2.75) is 0 Å². The summed E-state index contributed by atoms with van der Waals surface area (Å²) >= 11 is 11.1. The second-order valence-electron chi connectivity index (χ2n) is 2.76. The van der Waals surface area contributed by atoms with Gasteiger partial charge in [0.25, 0.3) is 17.1 Å². The predicted octanol–water partition coefficient (Wildman–Crippen LogP) is 0.623. The fourth-order valence-corrected chi connectivity index (χ4v) is 1.33. The maximum absolute atomic E-state index is 11.6. The lowest BCUT2D eigenvalue weighted by Gasteiger charge is -2.03. The van der Waals surface area contributed by atoms with Crippen molar-refractivity contribution in [3.05, 3.63) is 49.2 Å². The maximum Gasteiger partial charge on any atom is 0.292 e. The van der Waals surface area contributed by atoms with E-state index in [2.05, 4.69) is 15.1 Å². The zero-order chi connectivity index (χ0) is 11.7. The Morgan fingerprint density at radius 1 is 1.12 bits per heavy atom. The molecule has 1 N–H and O–H groups in total. The van der Waals surface area contributed by atoms with Crippen LogP contribution in [0.5, 0.6) is 0 Å². The van der Waals surface area contributed by atoms with Crippen molar-refractivity contribution in [1.82, 2.24) is 19.7 Å². The third kappa shape index (κ3) is 1.72. The third-order valence-corrected chi connectivity index (χ3v) is 2.56. The summed E-state index contributed by atoms with van der Waals surface area (Å²) in [6.07, 6.45) is 2.85. The molecular formula is C8H4Cl2N4O2. The minimum absolute atomic E-state index is 0.0168. The van der Waals surface area contributed by atoms with Gasteiger partial charge < -0.3 is 0 Å². The molecule has 2 heterocycles. The van der Waals surface area contributed by atoms with Crippen LogP contribution in [-0.2, 0) is 0 Å². The van der Waals surface area contributed by atoms with Crippen molar-refractivity contribution in [3.8, 4) is 5.95 Å². The average molecular weight is 259 g/mol. The Morgan fingerprint density at radius 2 is 1.75 bits per heavy atom. The molecule has 6 nitrogen and oxygen atoms in total. The maximum atomic E-state index is 11.6. The van der Waals surface area contributed by atoms with Gasteiger partial charge in [0.05, 0.1) is 0 Å². The van der Waals surface area contributed by atoms with Crippen LogP contribution in [0.25, 0.3) is 5.95 Å². The minimum Gasteiger partial charge on any atom is -0.266 e. The van der Waals surface area contributed by atoms with Crippen molar-refractivity contribution < 1.29 is 0 Å². The van der Waals surface area contributed by atoms with E-state index in [1.54, 1.807) is 6.07 Å². The zero-order valence-corrected chi connectivity index (χ0v) is 9.16. The van der Waals surface area contributed by atoms with Crippen LogP contribution in [0.4, 0.5) is 0 Å². The van der Waals surface area contributed by atoms with Crippen molar-refractivity contribution in [2.24, 2.45) is 0 Å². The smallest absolute Gasteiger partial charge is 0.266 e. The van der Waals surface area contributed by atoms with E-state index >= 15 is 0 Å². The van der Waals surface area contributed by atoms with E-state index in [0.29, 0.717) is 0 Å². The first-order valence-corrected chi connectivity index (χ1v) is 4.84. The summed E-state index contributed by atoms with van der Waals surface area (Å²) in [5.41, 5.74) is -1.36. The highest BCUT2D eigenvalue weighted by Gasteiger charge is 2.12. The lowest BCUT2D eigenvalue weighted by atomic mass is 10.5. The molecule has 0 fully saturated rings. The molecule has 82 valence electrons. The Kier molecular flexibility index (Phi) is 2.76. The minimum atomic E-state index is -0.683. The van der Waals surface area contributed by atoms with Gasteiger partial charge in [-0.1, -0.05) is 23.2 Å². The van der Waals surface area contributed by atoms with E-state index in [0.717, 1.165) is 4.68 Å². The van der Waals surface area contributed by atoms with Crippen LogP contribution >= 0.6 is 23.2 Å². The number of H-pyrrole nitrogens is 1. The molecule has 0 radical (unpaired) electrons. The number of hydrogen-bond donors (Lipinski definition) is 1. The first-order valence-electron chi connectivity index (χ1n) is 4.09. The highest BCUT2D eigenvalue weighted by molar-refractivity contribution is 6.41. The van der Waals surface area contributed by atoms with Gasteiger partial charge in [-0.2, -0.15) is 4.68 Å². The van der Waals surface area contributed by atoms with Gasteiger partial charge in [-0.15, -0.1) is 0 Å². The fraction of sp³-hybridized carbons (Fsp3) is 0. The van der Waals surface area contributed by atoms with Crippen molar-refractivity contribution in [3.63, 3.8) is 0 Å². The molecular weight excluding hydrogens is 255 g/mol. The predicted molar refractivity (Wildman–Crippen MR) is 58.3 cm³/mol. The Bertz CT molecular complexity index is 635. The summed E-state index contributed by atoms with van der Waals surface area (Å²) in [7, 11) is 0. The van der Waals surface area contributed by atoms with E-state index in [4.69, 9.17) is 23.2 Å². The van der Waals surface area contributed by atoms with Gasteiger partial charge in [-0.3, -0.25) is 14.7 Å². The standard InChI is InChI=1S/C8H4Cl2N4O2/c9-4-5(10)7(16)14(13-6(4)15)8-11-2-1-3-12-8/h1-3H,(H,13,15). The topological polar surface area (TPSA) is 80.6 Å². The Labute approximate surface area is 98.5 Å². The first-order chi connectivity index (χ1) is 7.61. The quantitative estimate of drug-likeness (QED) is 0.814. The van der Waals surface area contributed by atoms with E-state index in [-0.39, 0.29) is 16.0 Å². The van der Waals surface area contributed by atoms with Gasteiger partial charge in [0.1, 0.15) is 10.0 Å². The average Bonchev–Trinajstić information content (AvgIpc) is 2.32. The zero-order valence-electron chi connectivity index (χ0n) is 7.65. The number of rotatable bonds is 1. The van der Waals surface area contributed by atoms with Crippen molar-refractivity contribution in [1.29, 1.82) is 0 Å². The summed E-state index contributed by atoms with van der Waals surface area (Å²) in [5, 5.41) is 1.50. The number of hydrogen-bond acceptors (Lipinski definition) is 4. The van der Waals surface area contributed by atoms with E-state index in [1.165, 1.54) is 12.4 Å². The summed E-state index contributed by atoms with van der Waals surface area (Å²) < 4.78 is 0.830. The van der Waals surface area contributed by atoms with Crippen LogP contribution in [0.1, 0.15) is 0 Å². The Hall–Kier alpha value is -1.66. The molecule has 8 heteroatoms. The Morgan fingerprint density at radius 3 is 2.38 bits per heavy atom. The summed E-state index contributed by atoms with van der Waals surface area (Å²) in [6, 6.07) is 1.57. The van der Waals surface area contributed by atoms with Crippen LogP contribution in [0.15, 0.2) is 28.0 Å². The van der Waals surface area contributed by atoms with Crippen LogP contribution in [-0.4, -0.2) is 19.7 Å². The molecule has 0 aromatic carbocycles. The van der Waals surface area contributed by atoms with Crippen LogP contribution < -0.4 is 11.1 Å². The molecule has 2 aromatic heterocycles. The van der Waals surface area contributed by atoms with Crippen LogP contribution in [0, 0.1) is 0 Å². The molecule has 0 aliphatic carbocycles. The van der Waals surface area contributed by atoms with Crippen LogP contribution in [0.2, 0.25) is 10.0 Å². The molecule has 0 bridgehead atoms. The highest BCUT2D eigenvalue weighted by atomic mass is 35.5. The normalized spacial score (nSPS) is 10.4. The second-order valence-corrected chi connectivity index (χ2v) is 3.51. The largest absolute Gasteiger partial charge is 0.292 e. The lowest BCUT2D eigenvalue weighted by molar-refractivity contribution is 0.736. The summed E-state index contributed by atoms with van der Waals surface area (Å²) in [4.78, 5) is 30.5. The summed E-state index contributed by atoms with van der Waals surface area (Å²) in [6.45, 7) is 0. The highest BCUT2D eigenvalue weighted by Crippen LogP contribution is 2.10. The summed E-state index contributed by atoms with van der Waals surface area (Å²) in [5.74, 6) is 0.0168. The van der Waals surface area contributed by atoms with E-state index in [1.807, 2.05) is 0 Å². The lowest BCUT2D eigenvalue weighted by Crippen LogP contribution is -2.30. The molecule has 16 heavy (non-hydrogen) atoms. The molecule has 2 rings (SSSR count). The number of nitrogens with one attached hydrogen (secondary N) is 1. The molecule has 0 unspecified atom stereocenters. The van der Waals surface area contributed by atoms with Crippen molar-refractivity contribution >= 4 is 23.2 Å². The third-order valence-electron chi connectivity index (χ3n) is 1.75. The monoisotopic (exact) mass is 258 g/mol. The molecule has 0 saturated carbocycles. The van der Waals surface area contributed by atoms with Gasteiger partial charge in [0.2, 0.25) is 0 Å². The number of aromatic nitrogens is 4. The molecule has 0 amide bonds. The fourth-order valence-electron chi connectivity index (χ4n) is 1.04. The number of aromatic amines is 1. The molecule has 0 spiro atoms. The molecule has 0 saturated heterocycles. The molecule has 0 atom stereocenters. The van der Waals surface area contributed by atoms with Crippen LogP contribution in [0.3, 0.4) is 0 Å². The van der Waals surface area contributed by atoms with Gasteiger partial charge in [-0.25, -0.2) is 9.97 Å². The van der Waals surface area contributed by atoms with Gasteiger partial charge in [-0.05, 0) is 6.07 Å². The SMILES string of the molecule is O=c1[nH]n(-c2ncccn2)c(=O)c(Cl)c1Cl.